The van der Waals surface area contributed by atoms with E-state index in [0.29, 0.717) is 0 Å². The highest BCUT2D eigenvalue weighted by atomic mass is 32.1. The summed E-state index contributed by atoms with van der Waals surface area (Å²) in [5.74, 6) is 0. The molecule has 0 aliphatic carbocycles. The number of furan rings is 1. The molecular weight excluding hydrogens is 792 g/mol. The summed E-state index contributed by atoms with van der Waals surface area (Å²) >= 11 is 3.77. The number of hydrogen-bond acceptors (Lipinski definition) is 4. The van der Waals surface area contributed by atoms with Crippen LogP contribution in [0.25, 0.3) is 101 Å². The van der Waals surface area contributed by atoms with Gasteiger partial charge in [-0.3, -0.25) is 0 Å². The Morgan fingerprint density at radius 3 is 1.89 bits per heavy atom. The Kier molecular flexibility index (Phi) is 7.40. The Balaban J connectivity index is 1.10. The lowest BCUT2D eigenvalue weighted by Crippen LogP contribution is -2.37. The predicted octanol–water partition coefficient (Wildman–Crippen LogP) is 15.4. The molecular formula is C56H42BN2OS2. The molecule has 0 saturated heterocycles. The fraction of sp³-hybridized carbons (Fsp3) is 0.143. The van der Waals surface area contributed by atoms with Crippen molar-refractivity contribution in [3.8, 4) is 16.8 Å². The molecule has 1 N–H and O–H groups in total. The van der Waals surface area contributed by atoms with Crippen LogP contribution in [0.15, 0.2) is 144 Å². The number of nitrogens with zero attached hydrogens (tertiary/aromatic N) is 1. The summed E-state index contributed by atoms with van der Waals surface area (Å²) in [5, 5.41) is 14.0. The molecule has 0 atom stereocenters. The van der Waals surface area contributed by atoms with Crippen LogP contribution in [0.1, 0.15) is 52.7 Å². The highest BCUT2D eigenvalue weighted by Gasteiger charge is 2.29. The van der Waals surface area contributed by atoms with Crippen molar-refractivity contribution >= 4 is 136 Å². The minimum atomic E-state index is 0.0133. The minimum Gasteiger partial charge on any atom is -0.456 e. The fourth-order valence-electron chi connectivity index (χ4n) is 10.0. The standard InChI is InChI=1S/C56H42BN2OS2/c1-55(2,3)30-15-18-32(19-16-30)58-44-26-40-39-23-31(56(4,5)6)17-22-47(39)60-48(40)27-37(44)35-20-21-36-38-24-41-33-11-7-9-13-49(33)61-51(41)28-45(38)59-46-29-52-42(25-43(46)57-53(35)54(36)59)34-12-8-10-14-50(34)62-52/h7-29,58H,1-6H3. The first-order valence-electron chi connectivity index (χ1n) is 21.6. The minimum absolute atomic E-state index is 0.0133. The van der Waals surface area contributed by atoms with E-state index in [1.54, 1.807) is 0 Å². The summed E-state index contributed by atoms with van der Waals surface area (Å²) in [7, 11) is 2.45. The summed E-state index contributed by atoms with van der Waals surface area (Å²) in [6.45, 7) is 13.6. The van der Waals surface area contributed by atoms with E-state index in [1.165, 1.54) is 95.5 Å². The van der Waals surface area contributed by atoms with Gasteiger partial charge in [-0.1, -0.05) is 120 Å². The van der Waals surface area contributed by atoms with Crippen LogP contribution >= 0.6 is 22.7 Å². The van der Waals surface area contributed by atoms with E-state index < -0.39 is 0 Å². The maximum absolute atomic E-state index is 6.75. The van der Waals surface area contributed by atoms with Crippen molar-refractivity contribution in [3.05, 3.63) is 151 Å². The van der Waals surface area contributed by atoms with E-state index in [0.717, 1.165) is 38.9 Å². The van der Waals surface area contributed by atoms with Crippen LogP contribution in [0.5, 0.6) is 0 Å². The molecule has 297 valence electrons. The van der Waals surface area contributed by atoms with Crippen LogP contribution in [0.2, 0.25) is 0 Å². The fourth-order valence-corrected chi connectivity index (χ4v) is 12.3. The Morgan fingerprint density at radius 1 is 0.500 bits per heavy atom. The largest absolute Gasteiger partial charge is 0.456 e. The highest BCUT2D eigenvalue weighted by Crippen LogP contribution is 2.45. The van der Waals surface area contributed by atoms with Gasteiger partial charge in [0.15, 0.2) is 7.28 Å². The number of rotatable bonds is 3. The molecule has 0 saturated carbocycles. The van der Waals surface area contributed by atoms with Crippen molar-refractivity contribution in [2.45, 2.75) is 52.4 Å². The molecule has 8 aromatic carbocycles. The van der Waals surface area contributed by atoms with Gasteiger partial charge >= 0.3 is 0 Å². The van der Waals surface area contributed by atoms with Crippen molar-refractivity contribution in [2.24, 2.45) is 0 Å². The number of fused-ring (bicyclic) bond motifs is 14. The smallest absolute Gasteiger partial charge is 0.197 e. The Labute approximate surface area is 368 Å². The van der Waals surface area contributed by atoms with Crippen molar-refractivity contribution in [1.29, 1.82) is 0 Å². The first-order chi connectivity index (χ1) is 29.9. The average molecular weight is 834 g/mol. The average Bonchev–Trinajstić information content (AvgIpc) is 4.00. The Morgan fingerprint density at radius 2 is 1.16 bits per heavy atom. The predicted molar refractivity (Wildman–Crippen MR) is 271 cm³/mol. The Hall–Kier alpha value is -6.34. The maximum atomic E-state index is 6.75. The van der Waals surface area contributed by atoms with E-state index in [9.17, 15) is 0 Å². The second kappa shape index (κ2) is 12.6. The third-order valence-electron chi connectivity index (χ3n) is 13.3. The number of thiophene rings is 2. The van der Waals surface area contributed by atoms with E-state index in [1.807, 2.05) is 22.7 Å². The number of aromatic nitrogens is 1. The first kappa shape index (κ1) is 36.3. The number of benzene rings is 8. The third kappa shape index (κ3) is 5.29. The number of anilines is 2. The molecule has 62 heavy (non-hydrogen) atoms. The van der Waals surface area contributed by atoms with Gasteiger partial charge in [0, 0.05) is 84.6 Å². The van der Waals surface area contributed by atoms with Crippen LogP contribution < -0.4 is 16.2 Å². The lowest BCUT2D eigenvalue weighted by Gasteiger charge is -2.24. The number of hydrogen-bond donors (Lipinski definition) is 1. The highest BCUT2D eigenvalue weighted by molar-refractivity contribution is 7.26. The molecule has 1 radical (unpaired) electrons. The molecule has 4 aromatic heterocycles. The molecule has 3 nitrogen and oxygen atoms in total. The molecule has 6 heteroatoms. The van der Waals surface area contributed by atoms with Gasteiger partial charge in [0.2, 0.25) is 0 Å². The first-order valence-corrected chi connectivity index (χ1v) is 23.2. The molecule has 5 heterocycles. The van der Waals surface area contributed by atoms with Crippen molar-refractivity contribution in [2.75, 3.05) is 5.32 Å². The van der Waals surface area contributed by atoms with Crippen LogP contribution in [-0.2, 0) is 10.8 Å². The zero-order valence-corrected chi connectivity index (χ0v) is 37.2. The quantitative estimate of drug-likeness (QED) is 0.180. The molecule has 13 rings (SSSR count). The van der Waals surface area contributed by atoms with Crippen LogP contribution in [0.3, 0.4) is 0 Å². The monoisotopic (exact) mass is 833 g/mol. The molecule has 0 fully saturated rings. The zero-order valence-electron chi connectivity index (χ0n) is 35.5. The number of nitrogens with one attached hydrogen (secondary N) is 1. The van der Waals surface area contributed by atoms with Gasteiger partial charge in [0.25, 0.3) is 0 Å². The van der Waals surface area contributed by atoms with Crippen LogP contribution in [0.4, 0.5) is 11.4 Å². The van der Waals surface area contributed by atoms with Gasteiger partial charge in [0.05, 0.1) is 5.52 Å². The summed E-state index contributed by atoms with van der Waals surface area (Å²) < 4.78 is 14.6. The molecule has 0 bridgehead atoms. The molecule has 0 unspecified atom stereocenters. The summed E-state index contributed by atoms with van der Waals surface area (Å²) in [6.07, 6.45) is 0. The lowest BCUT2D eigenvalue weighted by atomic mass is 9.59. The summed E-state index contributed by atoms with van der Waals surface area (Å²) in [4.78, 5) is 0. The normalized spacial score (nSPS) is 13.1. The van der Waals surface area contributed by atoms with Gasteiger partial charge in [-0.15, -0.1) is 22.7 Å². The summed E-state index contributed by atoms with van der Waals surface area (Å²) in [6, 6.07) is 52.4. The van der Waals surface area contributed by atoms with Crippen molar-refractivity contribution in [1.82, 2.24) is 4.57 Å². The van der Waals surface area contributed by atoms with Gasteiger partial charge in [-0.05, 0) is 105 Å². The lowest BCUT2D eigenvalue weighted by molar-refractivity contribution is 0.590. The topological polar surface area (TPSA) is 30.1 Å². The maximum Gasteiger partial charge on any atom is 0.197 e. The van der Waals surface area contributed by atoms with E-state index in [-0.39, 0.29) is 10.8 Å². The van der Waals surface area contributed by atoms with Gasteiger partial charge in [0.1, 0.15) is 11.2 Å². The molecule has 0 amide bonds. The Bertz CT molecular complexity index is 3880. The molecule has 12 aromatic rings. The molecule has 1 aliphatic rings. The van der Waals surface area contributed by atoms with E-state index >= 15 is 0 Å². The molecule has 0 spiro atoms. The second-order valence-corrected chi connectivity index (χ2v) is 21.4. The van der Waals surface area contributed by atoms with Gasteiger partial charge in [-0.2, -0.15) is 0 Å². The van der Waals surface area contributed by atoms with Crippen molar-refractivity contribution < 1.29 is 4.42 Å². The summed E-state index contributed by atoms with van der Waals surface area (Å²) in [5.41, 5.74) is 15.0. The van der Waals surface area contributed by atoms with Crippen LogP contribution in [-0.4, -0.2) is 11.8 Å². The zero-order chi connectivity index (χ0) is 41.8. The van der Waals surface area contributed by atoms with Gasteiger partial charge < -0.3 is 14.3 Å². The molecule has 1 aliphatic heterocycles. The third-order valence-corrected chi connectivity index (χ3v) is 15.6. The second-order valence-electron chi connectivity index (χ2n) is 19.3. The van der Waals surface area contributed by atoms with Crippen molar-refractivity contribution in [3.63, 3.8) is 0 Å². The van der Waals surface area contributed by atoms with E-state index in [2.05, 4.69) is 198 Å². The van der Waals surface area contributed by atoms with E-state index in [4.69, 9.17) is 4.42 Å². The van der Waals surface area contributed by atoms with Crippen LogP contribution in [0, 0.1) is 0 Å². The van der Waals surface area contributed by atoms with Gasteiger partial charge in [-0.25, -0.2) is 0 Å². The SMILES string of the molecule is CC(C)(C)c1ccc(Nc2cc3c(cc2-c2ccc4c5cc6c(cc5n5c4c2[B]c2cc4c(cc2-5)sc2ccccc24)sc2ccccc26)oc2ccc(C(C)(C)C)cc23)cc1.